The van der Waals surface area contributed by atoms with Crippen molar-refractivity contribution in [1.82, 2.24) is 9.88 Å². The van der Waals surface area contributed by atoms with Gasteiger partial charge in [-0.2, -0.15) is 13.2 Å². The highest BCUT2D eigenvalue weighted by molar-refractivity contribution is 5.90. The Morgan fingerprint density at radius 1 is 1.42 bits per heavy atom. The highest BCUT2D eigenvalue weighted by Gasteiger charge is 2.31. The number of hydrogen-bond acceptors (Lipinski definition) is 3. The Bertz CT molecular complexity index is 582. The molecule has 1 atom stereocenters. The third-order valence-electron chi connectivity index (χ3n) is 3.91. The van der Waals surface area contributed by atoms with E-state index in [1.807, 2.05) is 19.9 Å². The van der Waals surface area contributed by atoms with Crippen LogP contribution in [0.1, 0.15) is 29.8 Å². The van der Waals surface area contributed by atoms with Crippen molar-refractivity contribution in [1.29, 1.82) is 0 Å². The van der Waals surface area contributed by atoms with Gasteiger partial charge in [0.1, 0.15) is 6.61 Å². The molecule has 2 amide bonds. The van der Waals surface area contributed by atoms with Crippen LogP contribution in [0.3, 0.4) is 0 Å². The number of aryl methyl sites for hydroxylation is 3. The van der Waals surface area contributed by atoms with Crippen LogP contribution in [0, 0.1) is 20.8 Å². The Kier molecular flexibility index (Phi) is 5.69. The summed E-state index contributed by atoms with van der Waals surface area (Å²) in [5.41, 5.74) is 3.11. The van der Waals surface area contributed by atoms with E-state index < -0.39 is 18.9 Å². The van der Waals surface area contributed by atoms with Crippen molar-refractivity contribution in [2.75, 3.05) is 25.0 Å². The average molecular weight is 345 g/mol. The fourth-order valence-corrected chi connectivity index (χ4v) is 2.87. The molecular formula is C16H22F3N3O2. The molecule has 5 nitrogen and oxygen atoms in total. The number of nitrogens with one attached hydrogen (secondary N) is 1. The second-order valence-electron chi connectivity index (χ2n) is 6.11. The molecule has 0 aromatic carbocycles. The highest BCUT2D eigenvalue weighted by Crippen LogP contribution is 2.22. The summed E-state index contributed by atoms with van der Waals surface area (Å²) in [5, 5.41) is 2.82. The predicted molar refractivity (Wildman–Crippen MR) is 84.1 cm³/mol. The Morgan fingerprint density at radius 3 is 2.75 bits per heavy atom. The molecule has 1 unspecified atom stereocenters. The Morgan fingerprint density at radius 2 is 2.12 bits per heavy atom. The summed E-state index contributed by atoms with van der Waals surface area (Å²) in [6, 6.07) is 1.53. The van der Waals surface area contributed by atoms with Gasteiger partial charge in [-0.15, -0.1) is 0 Å². The summed E-state index contributed by atoms with van der Waals surface area (Å²) in [6.07, 6.45) is -3.82. The summed E-state index contributed by atoms with van der Waals surface area (Å²) in [6.45, 7) is 4.92. The fraction of sp³-hybridized carbons (Fsp3) is 0.625. The number of rotatable bonds is 3. The van der Waals surface area contributed by atoms with E-state index >= 15 is 0 Å². The molecule has 2 rings (SSSR count). The maximum Gasteiger partial charge on any atom is 0.411 e. The first-order valence-electron chi connectivity index (χ1n) is 7.85. The molecule has 1 aromatic heterocycles. The molecule has 8 heteroatoms. The van der Waals surface area contributed by atoms with Gasteiger partial charge < -0.3 is 15.0 Å². The van der Waals surface area contributed by atoms with Crippen molar-refractivity contribution in [3.8, 4) is 0 Å². The lowest BCUT2D eigenvalue weighted by molar-refractivity contribution is -0.188. The first-order chi connectivity index (χ1) is 11.2. The summed E-state index contributed by atoms with van der Waals surface area (Å²) >= 11 is 0. The molecule has 1 fully saturated rings. The smallest absolute Gasteiger partial charge is 0.367 e. The molecular weight excluding hydrogens is 323 g/mol. The van der Waals surface area contributed by atoms with Crippen LogP contribution < -0.4 is 5.32 Å². The second kappa shape index (κ2) is 7.38. The third kappa shape index (κ3) is 5.09. The zero-order chi connectivity index (χ0) is 17.9. The van der Waals surface area contributed by atoms with E-state index in [1.165, 1.54) is 4.90 Å². The van der Waals surface area contributed by atoms with Gasteiger partial charge >= 0.3 is 12.2 Å². The molecule has 2 heterocycles. The lowest BCUT2D eigenvalue weighted by Crippen LogP contribution is -2.46. The van der Waals surface area contributed by atoms with Crippen molar-refractivity contribution in [2.24, 2.45) is 0 Å². The maximum atomic E-state index is 12.4. The Balaban J connectivity index is 1.97. The Labute approximate surface area is 139 Å². The number of likely N-dealkylation sites (tertiary alicyclic amines) is 1. The van der Waals surface area contributed by atoms with E-state index in [4.69, 9.17) is 4.74 Å². The number of carbonyl (C=O) groups excluding carboxylic acids is 1. The minimum Gasteiger partial charge on any atom is -0.367 e. The molecule has 1 aromatic rings. The molecule has 0 bridgehead atoms. The molecule has 1 aliphatic heterocycles. The minimum atomic E-state index is -4.35. The molecule has 1 aliphatic rings. The van der Waals surface area contributed by atoms with E-state index in [1.54, 1.807) is 6.92 Å². The van der Waals surface area contributed by atoms with Crippen LogP contribution in [0.4, 0.5) is 23.7 Å². The summed E-state index contributed by atoms with van der Waals surface area (Å²) in [4.78, 5) is 18.2. The number of piperidine rings is 1. The maximum absolute atomic E-state index is 12.4. The average Bonchev–Trinajstić information content (AvgIpc) is 2.48. The zero-order valence-electron chi connectivity index (χ0n) is 14.0. The first kappa shape index (κ1) is 18.5. The molecule has 1 N–H and O–H groups in total. The van der Waals surface area contributed by atoms with Crippen molar-refractivity contribution in [3.05, 3.63) is 23.0 Å². The number of aromatic nitrogens is 1. The van der Waals surface area contributed by atoms with E-state index in [0.29, 0.717) is 30.8 Å². The van der Waals surface area contributed by atoms with E-state index in [-0.39, 0.29) is 12.6 Å². The normalized spacial score (nSPS) is 18.6. The van der Waals surface area contributed by atoms with Gasteiger partial charge in [0.15, 0.2) is 0 Å². The van der Waals surface area contributed by atoms with Gasteiger partial charge in [0, 0.05) is 18.8 Å². The van der Waals surface area contributed by atoms with Gasteiger partial charge in [-0.1, -0.05) is 0 Å². The third-order valence-corrected chi connectivity index (χ3v) is 3.91. The van der Waals surface area contributed by atoms with Gasteiger partial charge in [0.25, 0.3) is 0 Å². The highest BCUT2D eigenvalue weighted by atomic mass is 19.4. The van der Waals surface area contributed by atoms with E-state index in [2.05, 4.69) is 10.3 Å². The largest absolute Gasteiger partial charge is 0.411 e. The van der Waals surface area contributed by atoms with Crippen LogP contribution in [-0.2, 0) is 4.74 Å². The lowest BCUT2D eigenvalue weighted by atomic mass is 10.1. The molecule has 0 spiro atoms. The molecule has 24 heavy (non-hydrogen) atoms. The zero-order valence-corrected chi connectivity index (χ0v) is 14.0. The van der Waals surface area contributed by atoms with E-state index in [0.717, 1.165) is 11.3 Å². The summed E-state index contributed by atoms with van der Waals surface area (Å²) < 4.78 is 41.6. The number of hydrogen-bond donors (Lipinski definition) is 1. The van der Waals surface area contributed by atoms with Crippen LogP contribution in [0.2, 0.25) is 0 Å². The van der Waals surface area contributed by atoms with Crippen molar-refractivity contribution in [3.63, 3.8) is 0 Å². The summed E-state index contributed by atoms with van der Waals surface area (Å²) in [5.74, 6) is 0. The topological polar surface area (TPSA) is 54.5 Å². The predicted octanol–water partition coefficient (Wildman–Crippen LogP) is 3.58. The molecule has 0 radical (unpaired) electrons. The van der Waals surface area contributed by atoms with Crippen LogP contribution in [0.5, 0.6) is 0 Å². The fourth-order valence-electron chi connectivity index (χ4n) is 2.87. The van der Waals surface area contributed by atoms with Crippen LogP contribution in [0.25, 0.3) is 0 Å². The van der Waals surface area contributed by atoms with Crippen molar-refractivity contribution >= 4 is 11.7 Å². The number of alkyl halides is 3. The SMILES string of the molecule is Cc1cc(C)c(NC(=O)N2CCCC(OCC(F)(F)F)C2)c(C)n1. The number of anilines is 1. The van der Waals surface area contributed by atoms with Gasteiger partial charge in [-0.3, -0.25) is 4.98 Å². The quantitative estimate of drug-likeness (QED) is 0.911. The van der Waals surface area contributed by atoms with Crippen molar-refractivity contribution < 1.29 is 22.7 Å². The number of pyridine rings is 1. The monoisotopic (exact) mass is 345 g/mol. The number of urea groups is 1. The standard InChI is InChI=1S/C16H22F3N3O2/c1-10-7-11(2)20-12(3)14(10)21-15(23)22-6-4-5-13(8-22)24-9-16(17,18)19/h7,13H,4-6,8-9H2,1-3H3,(H,21,23). The molecule has 1 saturated heterocycles. The number of amides is 2. The number of ether oxygens (including phenoxy) is 1. The number of halogens is 3. The van der Waals surface area contributed by atoms with Gasteiger partial charge in [0.2, 0.25) is 0 Å². The van der Waals surface area contributed by atoms with Gasteiger partial charge in [-0.25, -0.2) is 4.79 Å². The molecule has 0 saturated carbocycles. The molecule has 134 valence electrons. The van der Waals surface area contributed by atoms with Crippen LogP contribution >= 0.6 is 0 Å². The van der Waals surface area contributed by atoms with Gasteiger partial charge in [-0.05, 0) is 45.2 Å². The Hall–Kier alpha value is -1.83. The molecule has 0 aliphatic carbocycles. The minimum absolute atomic E-state index is 0.152. The van der Waals surface area contributed by atoms with Crippen molar-refractivity contribution in [2.45, 2.75) is 45.9 Å². The van der Waals surface area contributed by atoms with E-state index in [9.17, 15) is 18.0 Å². The van der Waals surface area contributed by atoms with Gasteiger partial charge in [0.05, 0.1) is 17.5 Å². The lowest BCUT2D eigenvalue weighted by Gasteiger charge is -2.33. The second-order valence-corrected chi connectivity index (χ2v) is 6.11. The number of carbonyl (C=O) groups is 1. The van der Waals surface area contributed by atoms with Crippen LogP contribution in [-0.4, -0.2) is 47.9 Å². The van der Waals surface area contributed by atoms with Crippen LogP contribution in [0.15, 0.2) is 6.07 Å². The summed E-state index contributed by atoms with van der Waals surface area (Å²) in [7, 11) is 0. The first-order valence-corrected chi connectivity index (χ1v) is 7.85. The number of nitrogens with zero attached hydrogens (tertiary/aromatic N) is 2.